The summed E-state index contributed by atoms with van der Waals surface area (Å²) >= 11 is 0. The quantitative estimate of drug-likeness (QED) is 0.742. The molecule has 0 aliphatic carbocycles. The van der Waals surface area contributed by atoms with Gasteiger partial charge < -0.3 is 15.6 Å². The van der Waals surface area contributed by atoms with Crippen molar-refractivity contribution in [2.75, 3.05) is 0 Å². The van der Waals surface area contributed by atoms with Crippen molar-refractivity contribution in [2.45, 2.75) is 20.0 Å². The van der Waals surface area contributed by atoms with Gasteiger partial charge in [0.25, 0.3) is 5.91 Å². The minimum atomic E-state index is -0.306. The molecule has 0 radical (unpaired) electrons. The lowest BCUT2D eigenvalue weighted by molar-refractivity contribution is 0.0942. The molecule has 3 aromatic rings. The smallest absolute Gasteiger partial charge is 0.270 e. The van der Waals surface area contributed by atoms with Crippen molar-refractivity contribution < 1.29 is 9.32 Å². The first-order valence-corrected chi connectivity index (χ1v) is 7.49. The third-order valence-corrected chi connectivity index (χ3v) is 3.47. The SMILES string of the molecule is Cc1noc(CNC(=O)c2ncccc2-c2cccc(CN)c2)n1. The second kappa shape index (κ2) is 7.01. The van der Waals surface area contributed by atoms with E-state index in [1.54, 1.807) is 19.2 Å². The highest BCUT2D eigenvalue weighted by atomic mass is 16.5. The molecule has 3 rings (SSSR count). The zero-order valence-electron chi connectivity index (χ0n) is 13.2. The Morgan fingerprint density at radius 1 is 1.29 bits per heavy atom. The maximum absolute atomic E-state index is 12.5. The van der Waals surface area contributed by atoms with Crippen LogP contribution >= 0.6 is 0 Å². The van der Waals surface area contributed by atoms with E-state index in [2.05, 4.69) is 20.4 Å². The van der Waals surface area contributed by atoms with Crippen LogP contribution in [0.5, 0.6) is 0 Å². The van der Waals surface area contributed by atoms with Crippen molar-refractivity contribution in [1.29, 1.82) is 0 Å². The molecule has 0 bridgehead atoms. The van der Waals surface area contributed by atoms with Crippen LogP contribution in [-0.4, -0.2) is 21.0 Å². The lowest BCUT2D eigenvalue weighted by atomic mass is 10.0. The fourth-order valence-electron chi connectivity index (χ4n) is 2.34. The summed E-state index contributed by atoms with van der Waals surface area (Å²) < 4.78 is 4.99. The Morgan fingerprint density at radius 3 is 2.92 bits per heavy atom. The third-order valence-electron chi connectivity index (χ3n) is 3.47. The summed E-state index contributed by atoms with van der Waals surface area (Å²) in [5.41, 5.74) is 8.65. The van der Waals surface area contributed by atoms with E-state index in [0.29, 0.717) is 24.0 Å². The number of nitrogens with two attached hydrogens (primary N) is 1. The maximum atomic E-state index is 12.5. The van der Waals surface area contributed by atoms with Crippen molar-refractivity contribution in [3.05, 3.63) is 65.6 Å². The van der Waals surface area contributed by atoms with Crippen LogP contribution < -0.4 is 11.1 Å². The van der Waals surface area contributed by atoms with Gasteiger partial charge in [-0.2, -0.15) is 4.98 Å². The van der Waals surface area contributed by atoms with E-state index in [9.17, 15) is 4.79 Å². The number of aryl methyl sites for hydroxylation is 1. The van der Waals surface area contributed by atoms with Crippen LogP contribution in [0.25, 0.3) is 11.1 Å². The molecular weight excluding hydrogens is 306 g/mol. The Morgan fingerprint density at radius 2 is 2.17 bits per heavy atom. The molecule has 7 nitrogen and oxygen atoms in total. The van der Waals surface area contributed by atoms with Gasteiger partial charge in [-0.25, -0.2) is 0 Å². The van der Waals surface area contributed by atoms with Gasteiger partial charge in [0.15, 0.2) is 5.82 Å². The zero-order valence-corrected chi connectivity index (χ0v) is 13.2. The van der Waals surface area contributed by atoms with Crippen molar-refractivity contribution in [2.24, 2.45) is 5.73 Å². The van der Waals surface area contributed by atoms with E-state index < -0.39 is 0 Å². The molecule has 0 saturated carbocycles. The minimum absolute atomic E-state index is 0.151. The molecule has 0 unspecified atom stereocenters. The Kier molecular flexibility index (Phi) is 4.62. The van der Waals surface area contributed by atoms with Gasteiger partial charge in [0.2, 0.25) is 5.89 Å². The van der Waals surface area contributed by atoms with E-state index >= 15 is 0 Å². The summed E-state index contributed by atoms with van der Waals surface area (Å²) in [6.45, 7) is 2.31. The summed E-state index contributed by atoms with van der Waals surface area (Å²) in [5, 5.41) is 6.43. The number of benzene rings is 1. The lowest BCUT2D eigenvalue weighted by Crippen LogP contribution is -2.24. The Labute approximate surface area is 138 Å². The van der Waals surface area contributed by atoms with E-state index in [4.69, 9.17) is 10.3 Å². The molecule has 7 heteroatoms. The van der Waals surface area contributed by atoms with Crippen LogP contribution in [0, 0.1) is 6.92 Å². The van der Waals surface area contributed by atoms with Crippen molar-refractivity contribution in [1.82, 2.24) is 20.4 Å². The van der Waals surface area contributed by atoms with Gasteiger partial charge in [0.05, 0.1) is 6.54 Å². The number of carbonyl (C=O) groups excluding carboxylic acids is 1. The molecule has 1 aromatic carbocycles. The van der Waals surface area contributed by atoms with E-state index in [-0.39, 0.29) is 12.5 Å². The number of aromatic nitrogens is 3. The van der Waals surface area contributed by atoms with Crippen LogP contribution in [0.1, 0.15) is 27.8 Å². The molecule has 3 N–H and O–H groups in total. The summed E-state index contributed by atoms with van der Waals surface area (Å²) in [6.07, 6.45) is 1.59. The normalized spacial score (nSPS) is 10.6. The number of pyridine rings is 1. The molecule has 0 atom stereocenters. The van der Waals surface area contributed by atoms with Gasteiger partial charge in [0.1, 0.15) is 5.69 Å². The van der Waals surface area contributed by atoms with E-state index in [1.807, 2.05) is 30.3 Å². The Bertz CT molecular complexity index is 859. The lowest BCUT2D eigenvalue weighted by Gasteiger charge is -2.09. The highest BCUT2D eigenvalue weighted by Crippen LogP contribution is 2.23. The Balaban J connectivity index is 1.84. The summed E-state index contributed by atoms with van der Waals surface area (Å²) in [5.74, 6) is 0.569. The monoisotopic (exact) mass is 323 g/mol. The molecule has 2 heterocycles. The molecular formula is C17H17N5O2. The van der Waals surface area contributed by atoms with Gasteiger partial charge in [0, 0.05) is 18.3 Å². The second-order valence-electron chi connectivity index (χ2n) is 5.22. The number of nitrogens with zero attached hydrogens (tertiary/aromatic N) is 3. The number of nitrogens with one attached hydrogen (secondary N) is 1. The largest absolute Gasteiger partial charge is 0.342 e. The average Bonchev–Trinajstić information content (AvgIpc) is 3.05. The summed E-state index contributed by atoms with van der Waals surface area (Å²) in [4.78, 5) is 20.8. The molecule has 24 heavy (non-hydrogen) atoms. The van der Waals surface area contributed by atoms with Gasteiger partial charge in [-0.05, 0) is 30.2 Å². The summed E-state index contributed by atoms with van der Waals surface area (Å²) in [6, 6.07) is 11.4. The predicted molar refractivity (Wildman–Crippen MR) is 87.8 cm³/mol. The molecule has 0 aliphatic rings. The van der Waals surface area contributed by atoms with E-state index in [0.717, 1.165) is 16.7 Å². The molecule has 2 aromatic heterocycles. The van der Waals surface area contributed by atoms with Crippen molar-refractivity contribution in [3.63, 3.8) is 0 Å². The van der Waals surface area contributed by atoms with Gasteiger partial charge in [-0.3, -0.25) is 9.78 Å². The average molecular weight is 323 g/mol. The highest BCUT2D eigenvalue weighted by molar-refractivity contribution is 5.98. The highest BCUT2D eigenvalue weighted by Gasteiger charge is 2.15. The topological polar surface area (TPSA) is 107 Å². The van der Waals surface area contributed by atoms with Crippen LogP contribution in [0.15, 0.2) is 47.1 Å². The van der Waals surface area contributed by atoms with E-state index in [1.165, 1.54) is 0 Å². The fourth-order valence-corrected chi connectivity index (χ4v) is 2.34. The molecule has 1 amide bonds. The number of carbonyl (C=O) groups is 1. The minimum Gasteiger partial charge on any atom is -0.342 e. The van der Waals surface area contributed by atoms with Gasteiger partial charge in [-0.15, -0.1) is 0 Å². The fraction of sp³-hybridized carbons (Fsp3) is 0.176. The first kappa shape index (κ1) is 15.8. The first-order valence-electron chi connectivity index (χ1n) is 7.49. The predicted octanol–water partition coefficient (Wildman–Crippen LogP) is 1.83. The zero-order chi connectivity index (χ0) is 16.9. The molecule has 0 aliphatic heterocycles. The molecule has 0 saturated heterocycles. The molecule has 0 fully saturated rings. The van der Waals surface area contributed by atoms with Crippen LogP contribution in [0.4, 0.5) is 0 Å². The molecule has 0 spiro atoms. The van der Waals surface area contributed by atoms with Crippen LogP contribution in [0.2, 0.25) is 0 Å². The van der Waals surface area contributed by atoms with Crippen molar-refractivity contribution >= 4 is 5.91 Å². The first-order chi connectivity index (χ1) is 11.7. The molecule has 122 valence electrons. The van der Waals surface area contributed by atoms with Crippen molar-refractivity contribution in [3.8, 4) is 11.1 Å². The third kappa shape index (κ3) is 3.47. The number of amides is 1. The standard InChI is InChI=1S/C17H17N5O2/c1-11-21-15(24-22-11)10-20-17(23)16-14(6-3-7-19-16)13-5-2-4-12(8-13)9-18/h2-8H,9-10,18H2,1H3,(H,20,23). The number of hydrogen-bond donors (Lipinski definition) is 2. The second-order valence-corrected chi connectivity index (χ2v) is 5.22. The maximum Gasteiger partial charge on any atom is 0.270 e. The van der Waals surface area contributed by atoms with Crippen LogP contribution in [0.3, 0.4) is 0 Å². The Hall–Kier alpha value is -3.06. The van der Waals surface area contributed by atoms with Gasteiger partial charge >= 0.3 is 0 Å². The van der Waals surface area contributed by atoms with Crippen LogP contribution in [-0.2, 0) is 13.1 Å². The summed E-state index contributed by atoms with van der Waals surface area (Å²) in [7, 11) is 0. The number of hydrogen-bond acceptors (Lipinski definition) is 6. The number of rotatable bonds is 5. The van der Waals surface area contributed by atoms with Gasteiger partial charge in [-0.1, -0.05) is 29.4 Å².